The lowest BCUT2D eigenvalue weighted by atomic mass is 9.90. The fourth-order valence-corrected chi connectivity index (χ4v) is 2.10. The van der Waals surface area contributed by atoms with E-state index >= 15 is 0 Å². The Kier molecular flexibility index (Phi) is 5.49. The molecule has 0 aromatic rings. The summed E-state index contributed by atoms with van der Waals surface area (Å²) < 4.78 is 5.81. The molecule has 0 spiro atoms. The molecule has 0 heterocycles. The Morgan fingerprint density at radius 3 is 2.50 bits per heavy atom. The highest BCUT2D eigenvalue weighted by Crippen LogP contribution is 2.24. The maximum Gasteiger partial charge on any atom is 0.0697 e. The molecule has 0 bridgehead atoms. The zero-order valence-electron chi connectivity index (χ0n) is 9.67. The van der Waals surface area contributed by atoms with Crippen molar-refractivity contribution in [3.05, 3.63) is 0 Å². The summed E-state index contributed by atoms with van der Waals surface area (Å²) in [5, 5.41) is 0. The van der Waals surface area contributed by atoms with Gasteiger partial charge in [0.15, 0.2) is 0 Å². The average molecular weight is 199 g/mol. The highest BCUT2D eigenvalue weighted by molar-refractivity contribution is 4.69. The highest BCUT2D eigenvalue weighted by atomic mass is 16.5. The Hall–Kier alpha value is -0.0800. The lowest BCUT2D eigenvalue weighted by Gasteiger charge is -2.25. The molecule has 0 aliphatic heterocycles. The molecule has 0 aromatic heterocycles. The van der Waals surface area contributed by atoms with E-state index in [2.05, 4.69) is 13.8 Å². The first-order chi connectivity index (χ1) is 6.74. The summed E-state index contributed by atoms with van der Waals surface area (Å²) in [6, 6.07) is 0.207. The van der Waals surface area contributed by atoms with E-state index in [4.69, 9.17) is 10.5 Å². The molecule has 2 nitrogen and oxygen atoms in total. The van der Waals surface area contributed by atoms with Crippen molar-refractivity contribution < 1.29 is 4.74 Å². The van der Waals surface area contributed by atoms with Crippen molar-refractivity contribution in [3.63, 3.8) is 0 Å². The summed E-state index contributed by atoms with van der Waals surface area (Å²) in [4.78, 5) is 0. The van der Waals surface area contributed by atoms with Gasteiger partial charge in [-0.3, -0.25) is 0 Å². The third-order valence-corrected chi connectivity index (χ3v) is 3.39. The number of hydrogen-bond donors (Lipinski definition) is 1. The van der Waals surface area contributed by atoms with Crippen LogP contribution in [-0.2, 0) is 4.74 Å². The van der Waals surface area contributed by atoms with Crippen LogP contribution in [0.4, 0.5) is 0 Å². The van der Waals surface area contributed by atoms with Crippen LogP contribution in [0.5, 0.6) is 0 Å². The van der Waals surface area contributed by atoms with Crippen LogP contribution in [0.2, 0.25) is 0 Å². The predicted molar refractivity (Wildman–Crippen MR) is 60.3 cm³/mol. The molecule has 2 unspecified atom stereocenters. The molecule has 0 radical (unpaired) electrons. The third-order valence-electron chi connectivity index (χ3n) is 3.39. The summed E-state index contributed by atoms with van der Waals surface area (Å²) >= 11 is 0. The van der Waals surface area contributed by atoms with Crippen molar-refractivity contribution in [2.24, 2.45) is 11.7 Å². The maximum atomic E-state index is 5.91. The molecule has 1 aliphatic carbocycles. The van der Waals surface area contributed by atoms with Gasteiger partial charge in [-0.2, -0.15) is 0 Å². The van der Waals surface area contributed by atoms with Crippen molar-refractivity contribution in [2.75, 3.05) is 6.61 Å². The van der Waals surface area contributed by atoms with Gasteiger partial charge in [-0.15, -0.1) is 0 Å². The molecular weight excluding hydrogens is 174 g/mol. The van der Waals surface area contributed by atoms with Crippen LogP contribution < -0.4 is 5.73 Å². The second-order valence-electron chi connectivity index (χ2n) is 4.61. The second kappa shape index (κ2) is 6.41. The Labute approximate surface area is 88.2 Å². The SMILES string of the molecule is CCC(N)C(C)OCC1CCCCC1. The van der Waals surface area contributed by atoms with E-state index in [1.807, 2.05) is 0 Å². The van der Waals surface area contributed by atoms with Crippen molar-refractivity contribution in [1.82, 2.24) is 0 Å². The van der Waals surface area contributed by atoms with E-state index in [0.717, 1.165) is 18.9 Å². The lowest BCUT2D eigenvalue weighted by molar-refractivity contribution is 0.0166. The summed E-state index contributed by atoms with van der Waals surface area (Å²) in [5.74, 6) is 0.801. The Balaban J connectivity index is 2.12. The van der Waals surface area contributed by atoms with Crippen LogP contribution in [0.1, 0.15) is 52.4 Å². The quantitative estimate of drug-likeness (QED) is 0.739. The first kappa shape index (κ1) is 12.0. The first-order valence-corrected chi connectivity index (χ1v) is 6.11. The Morgan fingerprint density at radius 1 is 1.29 bits per heavy atom. The summed E-state index contributed by atoms with van der Waals surface area (Å²) in [6.45, 7) is 5.14. The van der Waals surface area contributed by atoms with Gasteiger partial charge in [0.2, 0.25) is 0 Å². The topological polar surface area (TPSA) is 35.2 Å². The molecule has 1 saturated carbocycles. The van der Waals surface area contributed by atoms with Crippen molar-refractivity contribution in [1.29, 1.82) is 0 Å². The van der Waals surface area contributed by atoms with Crippen LogP contribution >= 0.6 is 0 Å². The fourth-order valence-electron chi connectivity index (χ4n) is 2.10. The molecular formula is C12H25NO. The van der Waals surface area contributed by atoms with Gasteiger partial charge in [0.05, 0.1) is 6.10 Å². The van der Waals surface area contributed by atoms with Gasteiger partial charge in [0.1, 0.15) is 0 Å². The predicted octanol–water partition coefficient (Wildman–Crippen LogP) is 2.71. The number of nitrogens with two attached hydrogens (primary N) is 1. The molecule has 1 rings (SSSR count). The monoisotopic (exact) mass is 199 g/mol. The van der Waals surface area contributed by atoms with Gasteiger partial charge in [-0.1, -0.05) is 26.2 Å². The van der Waals surface area contributed by atoms with E-state index in [1.165, 1.54) is 32.1 Å². The third kappa shape index (κ3) is 3.97. The molecule has 84 valence electrons. The number of ether oxygens (including phenoxy) is 1. The average Bonchev–Trinajstić information content (AvgIpc) is 2.26. The van der Waals surface area contributed by atoms with E-state index < -0.39 is 0 Å². The number of rotatable bonds is 5. The zero-order chi connectivity index (χ0) is 10.4. The lowest BCUT2D eigenvalue weighted by Crippen LogP contribution is -2.35. The largest absolute Gasteiger partial charge is 0.377 e. The minimum atomic E-state index is 0.207. The van der Waals surface area contributed by atoms with Crippen LogP contribution in [0.25, 0.3) is 0 Å². The van der Waals surface area contributed by atoms with Crippen molar-refractivity contribution in [2.45, 2.75) is 64.5 Å². The van der Waals surface area contributed by atoms with Crippen LogP contribution in [0.3, 0.4) is 0 Å². The standard InChI is InChI=1S/C12H25NO/c1-3-12(13)10(2)14-9-11-7-5-4-6-8-11/h10-12H,3-9,13H2,1-2H3. The summed E-state index contributed by atoms with van der Waals surface area (Å²) in [7, 11) is 0. The van der Waals surface area contributed by atoms with Gasteiger partial charge in [-0.05, 0) is 32.1 Å². The minimum absolute atomic E-state index is 0.207. The maximum absolute atomic E-state index is 5.91. The van der Waals surface area contributed by atoms with Gasteiger partial charge in [0, 0.05) is 12.6 Å². The summed E-state index contributed by atoms with van der Waals surface area (Å²) in [5.41, 5.74) is 5.91. The Bertz CT molecular complexity index is 141. The fraction of sp³-hybridized carbons (Fsp3) is 1.00. The van der Waals surface area contributed by atoms with Gasteiger partial charge in [0.25, 0.3) is 0 Å². The summed E-state index contributed by atoms with van der Waals surface area (Å²) in [6.07, 6.45) is 8.14. The van der Waals surface area contributed by atoms with E-state index in [1.54, 1.807) is 0 Å². The van der Waals surface area contributed by atoms with E-state index in [9.17, 15) is 0 Å². The highest BCUT2D eigenvalue weighted by Gasteiger charge is 2.16. The molecule has 2 atom stereocenters. The molecule has 0 amide bonds. The smallest absolute Gasteiger partial charge is 0.0697 e. The van der Waals surface area contributed by atoms with Crippen molar-refractivity contribution >= 4 is 0 Å². The Morgan fingerprint density at radius 2 is 1.93 bits per heavy atom. The minimum Gasteiger partial charge on any atom is -0.377 e. The van der Waals surface area contributed by atoms with Crippen LogP contribution in [0.15, 0.2) is 0 Å². The molecule has 1 aliphatic rings. The molecule has 2 N–H and O–H groups in total. The number of hydrogen-bond acceptors (Lipinski definition) is 2. The van der Waals surface area contributed by atoms with Crippen LogP contribution in [-0.4, -0.2) is 18.8 Å². The van der Waals surface area contributed by atoms with E-state index in [-0.39, 0.29) is 12.1 Å². The first-order valence-electron chi connectivity index (χ1n) is 6.11. The van der Waals surface area contributed by atoms with Gasteiger partial charge < -0.3 is 10.5 Å². The zero-order valence-corrected chi connectivity index (χ0v) is 9.67. The molecule has 1 fully saturated rings. The van der Waals surface area contributed by atoms with Crippen molar-refractivity contribution in [3.8, 4) is 0 Å². The molecule has 2 heteroatoms. The normalized spacial score (nSPS) is 23.4. The molecule has 14 heavy (non-hydrogen) atoms. The second-order valence-corrected chi connectivity index (χ2v) is 4.61. The van der Waals surface area contributed by atoms with Gasteiger partial charge in [-0.25, -0.2) is 0 Å². The van der Waals surface area contributed by atoms with Gasteiger partial charge >= 0.3 is 0 Å². The van der Waals surface area contributed by atoms with E-state index in [0.29, 0.717) is 0 Å². The molecule has 0 saturated heterocycles. The van der Waals surface area contributed by atoms with Crippen LogP contribution in [0, 0.1) is 5.92 Å². The molecule has 0 aromatic carbocycles.